The Morgan fingerprint density at radius 3 is 2.41 bits per heavy atom. The molecule has 0 aliphatic heterocycles. The van der Waals surface area contributed by atoms with Crippen LogP contribution in [0.5, 0.6) is 17.2 Å². The summed E-state index contributed by atoms with van der Waals surface area (Å²) in [7, 11) is 1.49. The summed E-state index contributed by atoms with van der Waals surface area (Å²) in [4.78, 5) is 36.7. The maximum Gasteiger partial charge on any atom is 0.310 e. The monoisotopic (exact) mass is 471 g/mol. The molecule has 10 heteroatoms. The normalized spacial score (nSPS) is 13.7. The number of nitrogens with zero attached hydrogens (tertiary/aromatic N) is 2. The van der Waals surface area contributed by atoms with Crippen LogP contribution in [0.1, 0.15) is 37.7 Å². The van der Waals surface area contributed by atoms with E-state index < -0.39 is 10.8 Å². The number of hydrogen-bond donors (Lipinski definition) is 1. The SMILES string of the molecule is COc1cc(CN(C(=O)COc2ccccc2[N+](=O)[O-])C2CCCCC2)ccc1OCC(N)=O. The minimum absolute atomic E-state index is 0.0485. The van der Waals surface area contributed by atoms with Gasteiger partial charge in [-0.3, -0.25) is 19.7 Å². The largest absolute Gasteiger partial charge is 0.493 e. The van der Waals surface area contributed by atoms with E-state index in [4.69, 9.17) is 19.9 Å². The average molecular weight is 472 g/mol. The van der Waals surface area contributed by atoms with Crippen LogP contribution in [-0.2, 0) is 16.1 Å². The van der Waals surface area contributed by atoms with Crippen LogP contribution in [-0.4, -0.2) is 48.0 Å². The van der Waals surface area contributed by atoms with Gasteiger partial charge in [0.1, 0.15) is 0 Å². The molecule has 1 saturated carbocycles. The fraction of sp³-hybridized carbons (Fsp3) is 0.417. The molecule has 0 unspecified atom stereocenters. The molecule has 2 aromatic rings. The van der Waals surface area contributed by atoms with Crippen molar-refractivity contribution in [3.05, 3.63) is 58.1 Å². The molecule has 0 heterocycles. The van der Waals surface area contributed by atoms with Crippen LogP contribution in [0.4, 0.5) is 5.69 Å². The second-order valence-electron chi connectivity index (χ2n) is 8.07. The number of amides is 2. The minimum atomic E-state index is -0.598. The number of para-hydroxylation sites is 2. The van der Waals surface area contributed by atoms with Crippen molar-refractivity contribution in [2.75, 3.05) is 20.3 Å². The van der Waals surface area contributed by atoms with Gasteiger partial charge < -0.3 is 24.8 Å². The molecule has 1 aliphatic carbocycles. The number of benzene rings is 2. The maximum absolute atomic E-state index is 13.2. The molecule has 0 spiro atoms. The van der Waals surface area contributed by atoms with E-state index in [0.717, 1.165) is 37.7 Å². The topological polar surface area (TPSA) is 134 Å². The van der Waals surface area contributed by atoms with E-state index in [9.17, 15) is 19.7 Å². The molecular weight excluding hydrogens is 442 g/mol. The van der Waals surface area contributed by atoms with Gasteiger partial charge in [-0.25, -0.2) is 0 Å². The molecule has 182 valence electrons. The van der Waals surface area contributed by atoms with Gasteiger partial charge in [0.2, 0.25) is 0 Å². The van der Waals surface area contributed by atoms with E-state index in [-0.39, 0.29) is 36.6 Å². The Labute approximate surface area is 197 Å². The number of hydrogen-bond acceptors (Lipinski definition) is 7. The number of nitro groups is 1. The smallest absolute Gasteiger partial charge is 0.310 e. The minimum Gasteiger partial charge on any atom is -0.493 e. The highest BCUT2D eigenvalue weighted by atomic mass is 16.6. The number of ether oxygens (including phenoxy) is 3. The molecule has 10 nitrogen and oxygen atoms in total. The third-order valence-corrected chi connectivity index (χ3v) is 5.70. The molecule has 0 aromatic heterocycles. The lowest BCUT2D eigenvalue weighted by atomic mass is 9.93. The van der Waals surface area contributed by atoms with E-state index in [1.165, 1.54) is 19.2 Å². The predicted octanol–water partition coefficient (Wildman–Crippen LogP) is 3.21. The average Bonchev–Trinajstić information content (AvgIpc) is 2.85. The van der Waals surface area contributed by atoms with Gasteiger partial charge in [0.05, 0.1) is 12.0 Å². The predicted molar refractivity (Wildman–Crippen MR) is 124 cm³/mol. The van der Waals surface area contributed by atoms with Gasteiger partial charge >= 0.3 is 5.69 Å². The van der Waals surface area contributed by atoms with Gasteiger partial charge in [-0.1, -0.05) is 37.5 Å². The highest BCUT2D eigenvalue weighted by Gasteiger charge is 2.27. The first-order valence-corrected chi connectivity index (χ1v) is 11.1. The molecule has 1 aliphatic rings. The fourth-order valence-electron chi connectivity index (χ4n) is 4.04. The summed E-state index contributed by atoms with van der Waals surface area (Å²) in [6.07, 6.45) is 4.96. The van der Waals surface area contributed by atoms with Crippen LogP contribution in [0.25, 0.3) is 0 Å². The molecule has 2 N–H and O–H groups in total. The zero-order valence-electron chi connectivity index (χ0n) is 19.1. The Kier molecular flexibility index (Phi) is 8.66. The van der Waals surface area contributed by atoms with Crippen LogP contribution in [0.15, 0.2) is 42.5 Å². The molecule has 34 heavy (non-hydrogen) atoms. The lowest BCUT2D eigenvalue weighted by Crippen LogP contribution is -2.43. The number of rotatable bonds is 11. The molecular formula is C24H29N3O7. The first-order valence-electron chi connectivity index (χ1n) is 11.1. The third kappa shape index (κ3) is 6.60. The van der Waals surface area contributed by atoms with Crippen molar-refractivity contribution in [2.45, 2.75) is 44.7 Å². The van der Waals surface area contributed by atoms with E-state index in [1.807, 2.05) is 0 Å². The van der Waals surface area contributed by atoms with Crippen LogP contribution in [0.2, 0.25) is 0 Å². The van der Waals surface area contributed by atoms with Gasteiger partial charge in [0, 0.05) is 18.7 Å². The van der Waals surface area contributed by atoms with Crippen molar-refractivity contribution in [1.29, 1.82) is 0 Å². The molecule has 3 rings (SSSR count). The Morgan fingerprint density at radius 1 is 1.03 bits per heavy atom. The Bertz CT molecular complexity index is 1020. The van der Waals surface area contributed by atoms with Gasteiger partial charge in [-0.05, 0) is 36.6 Å². The van der Waals surface area contributed by atoms with E-state index >= 15 is 0 Å². The zero-order valence-corrected chi connectivity index (χ0v) is 19.1. The molecule has 1 fully saturated rings. The van der Waals surface area contributed by atoms with Crippen LogP contribution in [0.3, 0.4) is 0 Å². The summed E-state index contributed by atoms with van der Waals surface area (Å²) in [5.74, 6) is 0.00487. The number of primary amides is 1. The lowest BCUT2D eigenvalue weighted by Gasteiger charge is -2.34. The lowest BCUT2D eigenvalue weighted by molar-refractivity contribution is -0.385. The van der Waals surface area contributed by atoms with Crippen molar-refractivity contribution in [2.24, 2.45) is 5.73 Å². The zero-order chi connectivity index (χ0) is 24.5. The first-order chi connectivity index (χ1) is 16.4. The van der Waals surface area contributed by atoms with Crippen molar-refractivity contribution in [3.63, 3.8) is 0 Å². The third-order valence-electron chi connectivity index (χ3n) is 5.70. The van der Waals surface area contributed by atoms with Gasteiger partial charge in [-0.2, -0.15) is 0 Å². The van der Waals surface area contributed by atoms with Crippen molar-refractivity contribution < 1.29 is 28.7 Å². The molecule has 2 amide bonds. The van der Waals surface area contributed by atoms with Gasteiger partial charge in [0.25, 0.3) is 11.8 Å². The summed E-state index contributed by atoms with van der Waals surface area (Å²) < 4.78 is 16.3. The summed E-state index contributed by atoms with van der Waals surface area (Å²) in [6, 6.07) is 11.3. The molecule has 0 bridgehead atoms. The number of methoxy groups -OCH3 is 1. The van der Waals surface area contributed by atoms with Crippen LogP contribution < -0.4 is 19.9 Å². The Hall–Kier alpha value is -3.82. The highest BCUT2D eigenvalue weighted by Crippen LogP contribution is 2.31. The number of nitrogens with two attached hydrogens (primary N) is 1. The number of carbonyl (C=O) groups excluding carboxylic acids is 2. The van der Waals surface area contributed by atoms with E-state index in [2.05, 4.69) is 0 Å². The number of nitro benzene ring substituents is 1. The number of carbonyl (C=O) groups is 2. The standard InChI is InChI=1S/C24H29N3O7/c1-32-22-13-17(11-12-21(22)33-15-23(25)28)14-26(18-7-3-2-4-8-18)24(29)16-34-20-10-6-5-9-19(20)27(30)31/h5-6,9-13,18H,2-4,7-8,14-16H2,1H3,(H2,25,28). The van der Waals surface area contributed by atoms with E-state index in [0.29, 0.717) is 18.0 Å². The van der Waals surface area contributed by atoms with Crippen LogP contribution >= 0.6 is 0 Å². The second kappa shape index (κ2) is 11.9. The van der Waals surface area contributed by atoms with Crippen molar-refractivity contribution in [1.82, 2.24) is 4.90 Å². The van der Waals surface area contributed by atoms with E-state index in [1.54, 1.807) is 35.2 Å². The van der Waals surface area contributed by atoms with Gasteiger partial charge in [-0.15, -0.1) is 0 Å². The first kappa shape index (κ1) is 24.8. The fourth-order valence-corrected chi connectivity index (χ4v) is 4.04. The van der Waals surface area contributed by atoms with Crippen LogP contribution in [0, 0.1) is 10.1 Å². The molecule has 0 radical (unpaired) electrons. The summed E-state index contributed by atoms with van der Waals surface area (Å²) in [5, 5.41) is 11.2. The van der Waals surface area contributed by atoms with Crippen molar-refractivity contribution >= 4 is 17.5 Å². The summed E-state index contributed by atoms with van der Waals surface area (Å²) in [5.41, 5.74) is 5.77. The Balaban J connectivity index is 1.76. The molecule has 2 aromatic carbocycles. The second-order valence-corrected chi connectivity index (χ2v) is 8.07. The van der Waals surface area contributed by atoms with Gasteiger partial charge in [0.15, 0.2) is 30.5 Å². The molecule has 0 atom stereocenters. The highest BCUT2D eigenvalue weighted by molar-refractivity contribution is 5.78. The Morgan fingerprint density at radius 2 is 1.74 bits per heavy atom. The maximum atomic E-state index is 13.2. The summed E-state index contributed by atoms with van der Waals surface area (Å²) >= 11 is 0. The summed E-state index contributed by atoms with van der Waals surface area (Å²) in [6.45, 7) is -0.264. The quantitative estimate of drug-likeness (QED) is 0.393. The van der Waals surface area contributed by atoms with Crippen molar-refractivity contribution in [3.8, 4) is 17.2 Å². The molecule has 0 saturated heterocycles.